The Bertz CT molecular complexity index is 343. The molecular weight excluding hydrogens is 218 g/mol. The van der Waals surface area contributed by atoms with Crippen molar-refractivity contribution < 1.29 is 4.42 Å². The number of furan rings is 1. The van der Waals surface area contributed by atoms with E-state index in [1.807, 2.05) is 6.26 Å². The molecule has 2 aliphatic rings. The highest BCUT2D eigenvalue weighted by Crippen LogP contribution is 2.31. The monoisotopic (exact) mass is 237 g/mol. The molecular formula is C13H19NOS. The molecule has 0 bridgehead atoms. The van der Waals surface area contributed by atoms with Crippen molar-refractivity contribution in [3.63, 3.8) is 0 Å². The lowest BCUT2D eigenvalue weighted by molar-refractivity contribution is 0.390. The largest absolute Gasteiger partial charge is 0.469 e. The third kappa shape index (κ3) is 2.16. The van der Waals surface area contributed by atoms with Gasteiger partial charge in [-0.25, -0.2) is 0 Å². The highest BCUT2D eigenvalue weighted by Gasteiger charge is 2.23. The third-order valence-electron chi connectivity index (χ3n) is 3.73. The van der Waals surface area contributed by atoms with Gasteiger partial charge in [-0.1, -0.05) is 0 Å². The van der Waals surface area contributed by atoms with E-state index in [-0.39, 0.29) is 0 Å². The summed E-state index contributed by atoms with van der Waals surface area (Å²) in [6, 6.07) is 2.70. The topological polar surface area (TPSA) is 25.2 Å². The van der Waals surface area contributed by atoms with Gasteiger partial charge in [0, 0.05) is 18.0 Å². The summed E-state index contributed by atoms with van der Waals surface area (Å²) in [5.74, 6) is 4.80. The minimum absolute atomic E-state index is 0.549. The van der Waals surface area contributed by atoms with E-state index >= 15 is 0 Å². The second-order valence-electron chi connectivity index (χ2n) is 4.88. The maximum Gasteiger partial charge on any atom is 0.108 e. The van der Waals surface area contributed by atoms with Crippen molar-refractivity contribution in [3.05, 3.63) is 23.7 Å². The Morgan fingerprint density at radius 3 is 3.31 bits per heavy atom. The van der Waals surface area contributed by atoms with Gasteiger partial charge in [0.05, 0.1) is 6.26 Å². The minimum Gasteiger partial charge on any atom is -0.469 e. The van der Waals surface area contributed by atoms with Crippen LogP contribution in [0.15, 0.2) is 16.7 Å². The van der Waals surface area contributed by atoms with Gasteiger partial charge in [0.2, 0.25) is 0 Å². The predicted octanol–water partition coefficient (Wildman–Crippen LogP) is 3.00. The van der Waals surface area contributed by atoms with Gasteiger partial charge in [-0.2, -0.15) is 11.8 Å². The number of fused-ring (bicyclic) bond motifs is 1. The zero-order valence-electron chi connectivity index (χ0n) is 9.58. The second kappa shape index (κ2) is 4.84. The summed E-state index contributed by atoms with van der Waals surface area (Å²) in [5, 5.41) is 3.73. The lowest BCUT2D eigenvalue weighted by Gasteiger charge is -2.24. The van der Waals surface area contributed by atoms with E-state index in [1.54, 1.807) is 0 Å². The van der Waals surface area contributed by atoms with Crippen molar-refractivity contribution >= 4 is 11.8 Å². The molecule has 1 aliphatic carbocycles. The van der Waals surface area contributed by atoms with E-state index < -0.39 is 0 Å². The first-order valence-electron chi connectivity index (χ1n) is 6.31. The quantitative estimate of drug-likeness (QED) is 0.875. The third-order valence-corrected chi connectivity index (χ3v) is 4.96. The van der Waals surface area contributed by atoms with Gasteiger partial charge < -0.3 is 9.73 Å². The lowest BCUT2D eigenvalue weighted by Crippen LogP contribution is -2.29. The van der Waals surface area contributed by atoms with Gasteiger partial charge in [-0.3, -0.25) is 0 Å². The standard InChI is InChI=1S/C13H19NOS/c1-2-12(11-4-6-15-13(11)3-1)14-8-10-5-7-16-9-10/h4,6,10,12,14H,1-3,5,7-9H2. The van der Waals surface area contributed by atoms with E-state index in [0.717, 1.165) is 12.3 Å². The first kappa shape index (κ1) is 10.7. The second-order valence-corrected chi connectivity index (χ2v) is 6.03. The van der Waals surface area contributed by atoms with E-state index in [2.05, 4.69) is 23.1 Å². The molecule has 1 fully saturated rings. The molecule has 2 unspecified atom stereocenters. The van der Waals surface area contributed by atoms with Gasteiger partial charge in [0.15, 0.2) is 0 Å². The first-order chi connectivity index (χ1) is 7.93. The fourth-order valence-corrected chi connectivity index (χ4v) is 4.04. The van der Waals surface area contributed by atoms with Crippen LogP contribution in [-0.4, -0.2) is 18.1 Å². The van der Waals surface area contributed by atoms with E-state index in [0.29, 0.717) is 6.04 Å². The molecule has 16 heavy (non-hydrogen) atoms. The average molecular weight is 237 g/mol. The molecule has 3 heteroatoms. The summed E-state index contributed by atoms with van der Waals surface area (Å²) in [5.41, 5.74) is 1.41. The van der Waals surface area contributed by atoms with Crippen molar-refractivity contribution in [3.8, 4) is 0 Å². The molecule has 2 heterocycles. The van der Waals surface area contributed by atoms with Crippen molar-refractivity contribution in [1.82, 2.24) is 5.32 Å². The van der Waals surface area contributed by atoms with Crippen LogP contribution >= 0.6 is 11.8 Å². The molecule has 1 N–H and O–H groups in total. The van der Waals surface area contributed by atoms with Crippen LogP contribution in [0.5, 0.6) is 0 Å². The molecule has 88 valence electrons. The Morgan fingerprint density at radius 1 is 1.44 bits per heavy atom. The molecule has 1 saturated heterocycles. The van der Waals surface area contributed by atoms with Crippen molar-refractivity contribution in [2.45, 2.75) is 31.7 Å². The molecule has 1 aromatic heterocycles. The lowest BCUT2D eigenvalue weighted by atomic mass is 9.93. The van der Waals surface area contributed by atoms with Gasteiger partial charge >= 0.3 is 0 Å². The van der Waals surface area contributed by atoms with E-state index in [9.17, 15) is 0 Å². The SMILES string of the molecule is c1cc2c(o1)CCCC2NCC1CCSC1. The zero-order valence-corrected chi connectivity index (χ0v) is 10.4. The van der Waals surface area contributed by atoms with Gasteiger partial charge in [0.1, 0.15) is 5.76 Å². The normalized spacial score (nSPS) is 29.2. The Morgan fingerprint density at radius 2 is 2.44 bits per heavy atom. The summed E-state index contributed by atoms with van der Waals surface area (Å²) in [6.45, 7) is 1.18. The summed E-state index contributed by atoms with van der Waals surface area (Å²) in [4.78, 5) is 0. The molecule has 0 saturated carbocycles. The molecule has 1 aliphatic heterocycles. The van der Waals surface area contributed by atoms with E-state index in [1.165, 1.54) is 48.6 Å². The molecule has 3 rings (SSSR count). The molecule has 2 atom stereocenters. The Hall–Kier alpha value is -0.410. The van der Waals surface area contributed by atoms with Crippen LogP contribution in [0.2, 0.25) is 0 Å². The molecule has 2 nitrogen and oxygen atoms in total. The number of aryl methyl sites for hydroxylation is 1. The van der Waals surface area contributed by atoms with Crippen LogP contribution in [0, 0.1) is 5.92 Å². The number of thioether (sulfide) groups is 1. The van der Waals surface area contributed by atoms with Gasteiger partial charge in [0.25, 0.3) is 0 Å². The van der Waals surface area contributed by atoms with Crippen LogP contribution in [0.1, 0.15) is 36.6 Å². The van der Waals surface area contributed by atoms with Gasteiger partial charge in [-0.05, 0) is 49.3 Å². The number of hydrogen-bond acceptors (Lipinski definition) is 3. The highest BCUT2D eigenvalue weighted by molar-refractivity contribution is 7.99. The molecule has 1 aromatic rings. The van der Waals surface area contributed by atoms with E-state index in [4.69, 9.17) is 4.42 Å². The number of rotatable bonds is 3. The van der Waals surface area contributed by atoms with Crippen LogP contribution < -0.4 is 5.32 Å². The number of hydrogen-bond donors (Lipinski definition) is 1. The van der Waals surface area contributed by atoms with Crippen LogP contribution in [-0.2, 0) is 6.42 Å². The van der Waals surface area contributed by atoms with Crippen LogP contribution in [0.4, 0.5) is 0 Å². The maximum atomic E-state index is 5.51. The van der Waals surface area contributed by atoms with Crippen LogP contribution in [0.25, 0.3) is 0 Å². The minimum atomic E-state index is 0.549. The average Bonchev–Trinajstić information content (AvgIpc) is 2.97. The summed E-state index contributed by atoms with van der Waals surface area (Å²) >= 11 is 2.10. The maximum absolute atomic E-state index is 5.51. The fraction of sp³-hybridized carbons (Fsp3) is 0.692. The summed E-state index contributed by atoms with van der Waals surface area (Å²) in [7, 11) is 0. The highest BCUT2D eigenvalue weighted by atomic mass is 32.2. The smallest absolute Gasteiger partial charge is 0.108 e. The van der Waals surface area contributed by atoms with Gasteiger partial charge in [-0.15, -0.1) is 0 Å². The van der Waals surface area contributed by atoms with Crippen LogP contribution in [0.3, 0.4) is 0 Å². The molecule has 0 spiro atoms. The first-order valence-corrected chi connectivity index (χ1v) is 7.46. The van der Waals surface area contributed by atoms with Crippen molar-refractivity contribution in [2.75, 3.05) is 18.1 Å². The Balaban J connectivity index is 1.59. The number of nitrogens with one attached hydrogen (secondary N) is 1. The molecule has 0 radical (unpaired) electrons. The molecule has 0 amide bonds. The summed E-state index contributed by atoms with van der Waals surface area (Å²) in [6.07, 6.45) is 6.89. The van der Waals surface area contributed by atoms with Crippen molar-refractivity contribution in [2.24, 2.45) is 5.92 Å². The molecule has 0 aromatic carbocycles. The summed E-state index contributed by atoms with van der Waals surface area (Å²) < 4.78 is 5.51. The fourth-order valence-electron chi connectivity index (χ4n) is 2.75. The van der Waals surface area contributed by atoms with Crippen molar-refractivity contribution in [1.29, 1.82) is 0 Å². The predicted molar refractivity (Wildman–Crippen MR) is 67.8 cm³/mol. The zero-order chi connectivity index (χ0) is 10.8. The Kier molecular flexibility index (Phi) is 3.25. The Labute approximate surface area is 101 Å².